The molecule has 0 fully saturated rings. The van der Waals surface area contributed by atoms with Gasteiger partial charge in [0.1, 0.15) is 13.2 Å². The molecule has 0 saturated carbocycles. The van der Waals surface area contributed by atoms with Gasteiger partial charge in [-0.2, -0.15) is 0 Å². The van der Waals surface area contributed by atoms with Crippen LogP contribution in [0.15, 0.2) is 0 Å². The molecule has 0 aliphatic heterocycles. The van der Waals surface area contributed by atoms with Crippen molar-refractivity contribution in [3.05, 3.63) is 0 Å². The molecule has 23 heavy (non-hydrogen) atoms. The molecule has 0 aliphatic rings. The number of hydrogen-bond acceptors (Lipinski definition) is 6. The summed E-state index contributed by atoms with van der Waals surface area (Å²) in [6.07, 6.45) is 6.01. The van der Waals surface area contributed by atoms with E-state index >= 15 is 0 Å². The summed E-state index contributed by atoms with van der Waals surface area (Å²) in [6.45, 7) is 6.21. The monoisotopic (exact) mass is 332 g/mol. The van der Waals surface area contributed by atoms with Crippen LogP contribution in [0.4, 0.5) is 0 Å². The lowest BCUT2D eigenvalue weighted by Gasteiger charge is -2.07. The molecule has 0 aliphatic carbocycles. The van der Waals surface area contributed by atoms with Crippen molar-refractivity contribution in [2.24, 2.45) is 0 Å². The van der Waals surface area contributed by atoms with E-state index in [0.29, 0.717) is 39.3 Å². The lowest BCUT2D eigenvalue weighted by Crippen LogP contribution is -2.14. The molecule has 0 heterocycles. The SMILES string of the molecule is CCCCCCC(=O)OCCOCCOCCOC(=O)CCC. The van der Waals surface area contributed by atoms with Gasteiger partial charge in [0.05, 0.1) is 26.4 Å². The zero-order valence-corrected chi connectivity index (χ0v) is 14.6. The maximum atomic E-state index is 11.4. The van der Waals surface area contributed by atoms with E-state index in [2.05, 4.69) is 6.92 Å². The smallest absolute Gasteiger partial charge is 0.305 e. The fourth-order valence-corrected chi connectivity index (χ4v) is 1.80. The van der Waals surface area contributed by atoms with Crippen molar-refractivity contribution < 1.29 is 28.5 Å². The van der Waals surface area contributed by atoms with Crippen molar-refractivity contribution in [1.82, 2.24) is 0 Å². The minimum atomic E-state index is -0.191. The van der Waals surface area contributed by atoms with Gasteiger partial charge in [-0.15, -0.1) is 0 Å². The number of carbonyl (C=O) groups is 2. The molecular formula is C17H32O6. The maximum absolute atomic E-state index is 11.4. The van der Waals surface area contributed by atoms with Gasteiger partial charge in [-0.25, -0.2) is 0 Å². The van der Waals surface area contributed by atoms with Crippen molar-refractivity contribution in [1.29, 1.82) is 0 Å². The zero-order chi connectivity index (χ0) is 17.2. The molecule has 0 aromatic carbocycles. The van der Waals surface area contributed by atoms with Gasteiger partial charge in [-0.3, -0.25) is 9.59 Å². The van der Waals surface area contributed by atoms with Gasteiger partial charge in [0.25, 0.3) is 0 Å². The number of carbonyl (C=O) groups excluding carboxylic acids is 2. The zero-order valence-electron chi connectivity index (χ0n) is 14.6. The van der Waals surface area contributed by atoms with Crippen molar-refractivity contribution in [2.45, 2.75) is 58.8 Å². The summed E-state index contributed by atoms with van der Waals surface area (Å²) in [5.74, 6) is -0.348. The summed E-state index contributed by atoms with van der Waals surface area (Å²) >= 11 is 0. The summed E-state index contributed by atoms with van der Waals surface area (Å²) in [5.41, 5.74) is 0. The first kappa shape index (κ1) is 21.9. The van der Waals surface area contributed by atoms with Crippen LogP contribution in [0.25, 0.3) is 0 Å². The van der Waals surface area contributed by atoms with Gasteiger partial charge < -0.3 is 18.9 Å². The number of esters is 2. The van der Waals surface area contributed by atoms with E-state index in [0.717, 1.165) is 32.1 Å². The first-order valence-corrected chi connectivity index (χ1v) is 8.67. The Morgan fingerprint density at radius 1 is 0.609 bits per heavy atom. The summed E-state index contributed by atoms with van der Waals surface area (Å²) in [4.78, 5) is 22.4. The third-order valence-corrected chi connectivity index (χ3v) is 3.04. The maximum Gasteiger partial charge on any atom is 0.305 e. The van der Waals surface area contributed by atoms with Crippen LogP contribution in [0.1, 0.15) is 58.8 Å². The van der Waals surface area contributed by atoms with E-state index in [-0.39, 0.29) is 25.2 Å². The normalized spacial score (nSPS) is 10.5. The van der Waals surface area contributed by atoms with E-state index < -0.39 is 0 Å². The van der Waals surface area contributed by atoms with Crippen molar-refractivity contribution in [3.63, 3.8) is 0 Å². The number of rotatable bonds is 16. The Balaban J connectivity index is 3.18. The van der Waals surface area contributed by atoms with Gasteiger partial charge in [0.2, 0.25) is 0 Å². The average molecular weight is 332 g/mol. The fraction of sp³-hybridized carbons (Fsp3) is 0.882. The Bertz CT molecular complexity index is 293. The van der Waals surface area contributed by atoms with E-state index in [4.69, 9.17) is 18.9 Å². The molecule has 0 amide bonds. The highest BCUT2D eigenvalue weighted by Crippen LogP contribution is 2.03. The molecule has 0 aromatic heterocycles. The Morgan fingerprint density at radius 2 is 1.13 bits per heavy atom. The van der Waals surface area contributed by atoms with Crippen LogP contribution in [0.5, 0.6) is 0 Å². The van der Waals surface area contributed by atoms with Crippen molar-refractivity contribution >= 4 is 11.9 Å². The lowest BCUT2D eigenvalue weighted by molar-refractivity contribution is -0.147. The molecule has 136 valence electrons. The minimum absolute atomic E-state index is 0.158. The molecule has 0 rings (SSSR count). The second kappa shape index (κ2) is 17.2. The highest BCUT2D eigenvalue weighted by Gasteiger charge is 2.02. The summed E-state index contributed by atoms with van der Waals surface area (Å²) in [7, 11) is 0. The average Bonchev–Trinajstić information content (AvgIpc) is 2.53. The molecule has 6 nitrogen and oxygen atoms in total. The van der Waals surface area contributed by atoms with Gasteiger partial charge in [-0.05, 0) is 12.8 Å². The standard InChI is InChI=1S/C17H32O6/c1-3-5-6-7-9-17(19)23-15-13-21-11-10-20-12-14-22-16(18)8-4-2/h3-15H2,1-2H3. The van der Waals surface area contributed by atoms with E-state index in [1.165, 1.54) is 0 Å². The number of unbranched alkanes of at least 4 members (excludes halogenated alkanes) is 3. The van der Waals surface area contributed by atoms with Crippen molar-refractivity contribution in [2.75, 3.05) is 39.6 Å². The van der Waals surface area contributed by atoms with Crippen LogP contribution >= 0.6 is 0 Å². The van der Waals surface area contributed by atoms with Gasteiger partial charge in [-0.1, -0.05) is 33.1 Å². The van der Waals surface area contributed by atoms with Gasteiger partial charge >= 0.3 is 11.9 Å². The first-order valence-electron chi connectivity index (χ1n) is 8.67. The molecule has 0 bridgehead atoms. The Kier molecular flexibility index (Phi) is 16.4. The van der Waals surface area contributed by atoms with Crippen LogP contribution in [-0.2, 0) is 28.5 Å². The number of hydrogen-bond donors (Lipinski definition) is 0. The van der Waals surface area contributed by atoms with Gasteiger partial charge in [0, 0.05) is 12.8 Å². The molecule has 0 unspecified atom stereocenters. The summed E-state index contributed by atoms with van der Waals surface area (Å²) < 4.78 is 20.5. The van der Waals surface area contributed by atoms with E-state index in [9.17, 15) is 9.59 Å². The third-order valence-electron chi connectivity index (χ3n) is 3.04. The molecule has 0 radical (unpaired) electrons. The van der Waals surface area contributed by atoms with Crippen LogP contribution in [-0.4, -0.2) is 51.6 Å². The molecule has 0 saturated heterocycles. The highest BCUT2D eigenvalue weighted by atomic mass is 16.6. The van der Waals surface area contributed by atoms with Gasteiger partial charge in [0.15, 0.2) is 0 Å². The fourth-order valence-electron chi connectivity index (χ4n) is 1.80. The van der Waals surface area contributed by atoms with E-state index in [1.54, 1.807) is 0 Å². The third kappa shape index (κ3) is 17.1. The Morgan fingerprint density at radius 3 is 1.65 bits per heavy atom. The quantitative estimate of drug-likeness (QED) is 0.320. The Labute approximate surface area is 139 Å². The topological polar surface area (TPSA) is 71.1 Å². The van der Waals surface area contributed by atoms with Crippen LogP contribution in [0.2, 0.25) is 0 Å². The largest absolute Gasteiger partial charge is 0.463 e. The van der Waals surface area contributed by atoms with Crippen LogP contribution in [0, 0.1) is 0 Å². The minimum Gasteiger partial charge on any atom is -0.463 e. The Hall–Kier alpha value is -1.14. The van der Waals surface area contributed by atoms with Crippen molar-refractivity contribution in [3.8, 4) is 0 Å². The first-order chi connectivity index (χ1) is 11.2. The predicted molar refractivity (Wildman–Crippen MR) is 87.2 cm³/mol. The lowest BCUT2D eigenvalue weighted by atomic mass is 10.2. The summed E-state index contributed by atoms with van der Waals surface area (Å²) in [6, 6.07) is 0. The molecule has 0 aromatic rings. The highest BCUT2D eigenvalue weighted by molar-refractivity contribution is 5.69. The summed E-state index contributed by atoms with van der Waals surface area (Å²) in [5, 5.41) is 0. The van der Waals surface area contributed by atoms with Crippen LogP contribution < -0.4 is 0 Å². The molecule has 6 heteroatoms. The van der Waals surface area contributed by atoms with E-state index in [1.807, 2.05) is 6.92 Å². The molecule has 0 spiro atoms. The second-order valence-electron chi connectivity index (χ2n) is 5.23. The second-order valence-corrected chi connectivity index (χ2v) is 5.23. The predicted octanol–water partition coefficient (Wildman–Crippen LogP) is 2.88. The van der Waals surface area contributed by atoms with Crippen LogP contribution in [0.3, 0.4) is 0 Å². The number of ether oxygens (including phenoxy) is 4. The molecule has 0 N–H and O–H groups in total. The molecule has 0 atom stereocenters. The molecular weight excluding hydrogens is 300 g/mol.